The minimum Gasteiger partial charge on any atom is -0.477 e. The molecule has 2 aromatic heterocycles. The van der Waals surface area contributed by atoms with E-state index in [-0.39, 0.29) is 0 Å². The van der Waals surface area contributed by atoms with E-state index in [4.69, 9.17) is 4.74 Å². The van der Waals surface area contributed by atoms with Crippen molar-refractivity contribution in [2.45, 2.75) is 12.8 Å². The van der Waals surface area contributed by atoms with E-state index in [1.165, 1.54) is 19.2 Å². The maximum atomic E-state index is 5.58. The van der Waals surface area contributed by atoms with Crippen molar-refractivity contribution in [3.8, 4) is 17.1 Å². The van der Waals surface area contributed by atoms with Crippen LogP contribution < -0.4 is 4.74 Å². The highest BCUT2D eigenvalue weighted by Crippen LogP contribution is 2.29. The summed E-state index contributed by atoms with van der Waals surface area (Å²) in [6.45, 7) is 0.792. The zero-order valence-corrected chi connectivity index (χ0v) is 9.41. The van der Waals surface area contributed by atoms with Crippen molar-refractivity contribution in [3.63, 3.8) is 0 Å². The van der Waals surface area contributed by atoms with Crippen LogP contribution in [0.2, 0.25) is 0 Å². The van der Waals surface area contributed by atoms with Gasteiger partial charge in [0.2, 0.25) is 5.88 Å². The van der Waals surface area contributed by atoms with E-state index in [2.05, 4.69) is 15.0 Å². The van der Waals surface area contributed by atoms with Crippen LogP contribution in [-0.4, -0.2) is 21.6 Å². The molecule has 0 spiro atoms. The number of hydrogen-bond donors (Lipinski definition) is 0. The Kier molecular flexibility index (Phi) is 2.69. The van der Waals surface area contributed by atoms with Crippen molar-refractivity contribution < 1.29 is 4.74 Å². The van der Waals surface area contributed by atoms with E-state index in [1.807, 2.05) is 18.2 Å². The third kappa shape index (κ3) is 2.58. The van der Waals surface area contributed by atoms with Gasteiger partial charge in [0.05, 0.1) is 12.3 Å². The fourth-order valence-corrected chi connectivity index (χ4v) is 1.57. The lowest BCUT2D eigenvalue weighted by Crippen LogP contribution is -2.00. The largest absolute Gasteiger partial charge is 0.477 e. The molecule has 0 bridgehead atoms. The first-order chi connectivity index (χ1) is 8.42. The fourth-order valence-electron chi connectivity index (χ4n) is 1.57. The summed E-state index contributed by atoms with van der Waals surface area (Å²) in [7, 11) is 0. The van der Waals surface area contributed by atoms with Crippen LogP contribution in [0.3, 0.4) is 0 Å². The van der Waals surface area contributed by atoms with Gasteiger partial charge in [-0.15, -0.1) is 0 Å². The SMILES string of the molecule is c1cc(-c2ccc(OCC3CC3)nc2)ncn1. The molecular weight excluding hydrogens is 214 g/mol. The number of rotatable bonds is 4. The highest BCUT2D eigenvalue weighted by molar-refractivity contribution is 5.57. The molecule has 0 aromatic carbocycles. The minimum atomic E-state index is 0.690. The summed E-state index contributed by atoms with van der Waals surface area (Å²) in [5.74, 6) is 1.44. The number of nitrogens with zero attached hydrogens (tertiary/aromatic N) is 3. The molecule has 0 N–H and O–H groups in total. The zero-order chi connectivity index (χ0) is 11.5. The van der Waals surface area contributed by atoms with E-state index in [0.717, 1.165) is 23.8 Å². The molecular formula is C13H13N3O. The van der Waals surface area contributed by atoms with Crippen LogP contribution in [0.5, 0.6) is 5.88 Å². The van der Waals surface area contributed by atoms with Crippen molar-refractivity contribution in [1.29, 1.82) is 0 Å². The molecule has 17 heavy (non-hydrogen) atoms. The Hall–Kier alpha value is -1.97. The van der Waals surface area contributed by atoms with Crippen molar-refractivity contribution in [2.24, 2.45) is 5.92 Å². The van der Waals surface area contributed by atoms with Gasteiger partial charge < -0.3 is 4.74 Å². The lowest BCUT2D eigenvalue weighted by molar-refractivity contribution is 0.288. The molecule has 1 aliphatic rings. The molecule has 0 aliphatic heterocycles. The van der Waals surface area contributed by atoms with Crippen molar-refractivity contribution in [1.82, 2.24) is 15.0 Å². The summed E-state index contributed by atoms with van der Waals surface area (Å²) in [5, 5.41) is 0. The molecule has 4 heteroatoms. The molecule has 0 saturated heterocycles. The lowest BCUT2D eigenvalue weighted by atomic mass is 10.2. The Morgan fingerprint density at radius 3 is 2.76 bits per heavy atom. The van der Waals surface area contributed by atoms with Crippen molar-refractivity contribution >= 4 is 0 Å². The second-order valence-electron chi connectivity index (χ2n) is 4.23. The maximum absolute atomic E-state index is 5.58. The van der Waals surface area contributed by atoms with Gasteiger partial charge in [0.15, 0.2) is 0 Å². The molecule has 2 heterocycles. The molecule has 3 rings (SSSR count). The Labute approximate surface area is 99.7 Å². The van der Waals surface area contributed by atoms with Crippen LogP contribution in [0.25, 0.3) is 11.3 Å². The first-order valence-corrected chi connectivity index (χ1v) is 5.77. The third-order valence-electron chi connectivity index (χ3n) is 2.78. The number of pyridine rings is 1. The molecule has 1 fully saturated rings. The predicted molar refractivity (Wildman–Crippen MR) is 63.5 cm³/mol. The smallest absolute Gasteiger partial charge is 0.213 e. The average Bonchev–Trinajstić information content (AvgIpc) is 3.22. The van der Waals surface area contributed by atoms with Crippen molar-refractivity contribution in [3.05, 3.63) is 36.9 Å². The molecule has 1 aliphatic carbocycles. The summed E-state index contributed by atoms with van der Waals surface area (Å²) < 4.78 is 5.58. The molecule has 0 unspecified atom stereocenters. The normalized spacial score (nSPS) is 14.6. The first-order valence-electron chi connectivity index (χ1n) is 5.77. The Morgan fingerprint density at radius 1 is 1.18 bits per heavy atom. The van der Waals surface area contributed by atoms with Gasteiger partial charge in [-0.1, -0.05) is 0 Å². The molecule has 2 aromatic rings. The first kappa shape index (κ1) is 10.2. The van der Waals surface area contributed by atoms with Gasteiger partial charge in [0.1, 0.15) is 6.33 Å². The average molecular weight is 227 g/mol. The van der Waals surface area contributed by atoms with E-state index in [9.17, 15) is 0 Å². The quantitative estimate of drug-likeness (QED) is 0.804. The van der Waals surface area contributed by atoms with Gasteiger partial charge in [-0.2, -0.15) is 0 Å². The van der Waals surface area contributed by atoms with Crippen molar-refractivity contribution in [2.75, 3.05) is 6.61 Å². The summed E-state index contributed by atoms with van der Waals surface area (Å²) in [5.41, 5.74) is 1.85. The Balaban J connectivity index is 1.70. The third-order valence-corrected chi connectivity index (χ3v) is 2.78. The number of hydrogen-bond acceptors (Lipinski definition) is 4. The summed E-state index contributed by atoms with van der Waals surface area (Å²) in [6.07, 6.45) is 7.62. The monoisotopic (exact) mass is 227 g/mol. The van der Waals surface area contributed by atoms with Gasteiger partial charge in [-0.3, -0.25) is 0 Å². The molecule has 0 amide bonds. The summed E-state index contributed by atoms with van der Waals surface area (Å²) in [6, 6.07) is 5.72. The van der Waals surface area contributed by atoms with Gasteiger partial charge >= 0.3 is 0 Å². The Morgan fingerprint density at radius 2 is 2.12 bits per heavy atom. The summed E-state index contributed by atoms with van der Waals surface area (Å²) >= 11 is 0. The molecule has 86 valence electrons. The molecule has 1 saturated carbocycles. The van der Waals surface area contributed by atoms with Crippen LogP contribution in [0.4, 0.5) is 0 Å². The second-order valence-corrected chi connectivity index (χ2v) is 4.23. The lowest BCUT2D eigenvalue weighted by Gasteiger charge is -2.04. The van der Waals surface area contributed by atoms with Crippen LogP contribution in [-0.2, 0) is 0 Å². The highest BCUT2D eigenvalue weighted by atomic mass is 16.5. The van der Waals surface area contributed by atoms with E-state index in [0.29, 0.717) is 5.88 Å². The van der Waals surface area contributed by atoms with Gasteiger partial charge in [0.25, 0.3) is 0 Å². The van der Waals surface area contributed by atoms with Gasteiger partial charge in [-0.05, 0) is 30.9 Å². The van der Waals surface area contributed by atoms with Crippen LogP contribution >= 0.6 is 0 Å². The number of ether oxygens (including phenoxy) is 1. The standard InChI is InChI=1S/C13H13N3O/c1-2-10(1)8-17-13-4-3-11(7-15-13)12-5-6-14-9-16-12/h3-7,9-10H,1-2,8H2. The van der Waals surface area contributed by atoms with Gasteiger partial charge in [0, 0.05) is 24.0 Å². The van der Waals surface area contributed by atoms with E-state index < -0.39 is 0 Å². The molecule has 0 atom stereocenters. The highest BCUT2D eigenvalue weighted by Gasteiger charge is 2.21. The molecule has 4 nitrogen and oxygen atoms in total. The topological polar surface area (TPSA) is 47.9 Å². The van der Waals surface area contributed by atoms with Crippen LogP contribution in [0.15, 0.2) is 36.9 Å². The number of aromatic nitrogens is 3. The minimum absolute atomic E-state index is 0.690. The predicted octanol–water partition coefficient (Wildman–Crippen LogP) is 2.33. The second kappa shape index (κ2) is 4.49. The van der Waals surface area contributed by atoms with Gasteiger partial charge in [-0.25, -0.2) is 15.0 Å². The zero-order valence-electron chi connectivity index (χ0n) is 9.41. The summed E-state index contributed by atoms with van der Waals surface area (Å²) in [4.78, 5) is 12.3. The Bertz CT molecular complexity index is 480. The van der Waals surface area contributed by atoms with Crippen LogP contribution in [0, 0.1) is 5.92 Å². The maximum Gasteiger partial charge on any atom is 0.213 e. The fraction of sp³-hybridized carbons (Fsp3) is 0.308. The van der Waals surface area contributed by atoms with Crippen LogP contribution in [0.1, 0.15) is 12.8 Å². The molecule has 0 radical (unpaired) electrons. The van der Waals surface area contributed by atoms with E-state index in [1.54, 1.807) is 12.4 Å². The van der Waals surface area contributed by atoms with E-state index >= 15 is 0 Å².